The van der Waals surface area contributed by atoms with Crippen LogP contribution in [-0.4, -0.2) is 33.0 Å². The Morgan fingerprint density at radius 1 is 1.22 bits per heavy atom. The van der Waals surface area contributed by atoms with Gasteiger partial charge >= 0.3 is 0 Å². The molecule has 2 atom stereocenters. The standard InChI is InChI=1S/C25H29N4O3/c1-18(2)27-16-24(19-8-4-3-5-9-19)28(17-27)23-11-7-6-10-22(23)26-15-20-14-21(29(31)32)12-13-25(20)30/h3-5,8-9,12-18,22-23,31H,6-7,10-11H2,1-2H3/p+1/t22-,23-/m1/s1. The van der Waals surface area contributed by atoms with E-state index in [0.29, 0.717) is 11.6 Å². The minimum atomic E-state index is -0.225. The number of rotatable bonds is 6. The molecule has 167 valence electrons. The zero-order valence-corrected chi connectivity index (χ0v) is 18.5. The van der Waals surface area contributed by atoms with Crippen LogP contribution < -0.4 is 9.56 Å². The molecular weight excluding hydrogens is 404 g/mol. The topological polar surface area (TPSA) is 86.4 Å². The van der Waals surface area contributed by atoms with Crippen molar-refractivity contribution in [2.24, 2.45) is 0 Å². The van der Waals surface area contributed by atoms with Gasteiger partial charge in [-0.15, -0.1) is 0 Å². The number of allylic oxidation sites excluding steroid dienone is 2. The van der Waals surface area contributed by atoms with Gasteiger partial charge in [-0.25, -0.2) is 19.4 Å². The summed E-state index contributed by atoms with van der Waals surface area (Å²) in [5, 5.41) is 20.2. The number of imidazole rings is 1. The van der Waals surface area contributed by atoms with Gasteiger partial charge in [0.1, 0.15) is 6.20 Å². The van der Waals surface area contributed by atoms with E-state index < -0.39 is 0 Å². The van der Waals surface area contributed by atoms with Gasteiger partial charge in [0.2, 0.25) is 6.33 Å². The van der Waals surface area contributed by atoms with Crippen LogP contribution in [0.1, 0.15) is 51.6 Å². The molecule has 1 fully saturated rings. The van der Waals surface area contributed by atoms with Gasteiger partial charge in [0, 0.05) is 12.0 Å². The number of ketones is 1. The summed E-state index contributed by atoms with van der Waals surface area (Å²) in [5.41, 5.74) is 2.70. The van der Waals surface area contributed by atoms with Crippen LogP contribution in [-0.2, 0) is 4.79 Å². The van der Waals surface area contributed by atoms with Crippen LogP contribution >= 0.6 is 0 Å². The normalized spacial score (nSPS) is 22.3. The van der Waals surface area contributed by atoms with E-state index in [1.165, 1.54) is 29.5 Å². The number of aromatic nitrogens is 2. The number of hydrogen-bond acceptors (Lipinski definition) is 4. The Morgan fingerprint density at radius 3 is 2.69 bits per heavy atom. The van der Waals surface area contributed by atoms with Crippen LogP contribution in [0.2, 0.25) is 0 Å². The van der Waals surface area contributed by atoms with E-state index in [1.807, 2.05) is 6.07 Å². The number of nitrogens with zero attached hydrogens (tertiary/aromatic N) is 3. The third-order valence-electron chi connectivity index (χ3n) is 6.23. The van der Waals surface area contributed by atoms with E-state index in [-0.39, 0.29) is 29.1 Å². The first-order valence-electron chi connectivity index (χ1n) is 11.2. The molecule has 2 N–H and O–H groups in total. The lowest BCUT2D eigenvalue weighted by Crippen LogP contribution is -2.79. The Hall–Kier alpha value is -2.87. The minimum absolute atomic E-state index is 0.0348. The monoisotopic (exact) mass is 434 g/mol. The molecule has 2 aromatic rings. The Labute approximate surface area is 188 Å². The minimum Gasteiger partial charge on any atom is -0.761 e. The molecule has 1 aromatic carbocycles. The summed E-state index contributed by atoms with van der Waals surface area (Å²) in [5.74, 6) is -0.195. The van der Waals surface area contributed by atoms with Gasteiger partial charge in [-0.05, 0) is 45.3 Å². The van der Waals surface area contributed by atoms with Gasteiger partial charge in [0.15, 0.2) is 29.8 Å². The van der Waals surface area contributed by atoms with Crippen molar-refractivity contribution in [1.29, 1.82) is 0 Å². The van der Waals surface area contributed by atoms with Crippen LogP contribution in [0.3, 0.4) is 0 Å². The molecule has 1 heterocycles. The third kappa shape index (κ3) is 4.80. The van der Waals surface area contributed by atoms with Gasteiger partial charge in [-0.2, -0.15) is 0 Å². The molecule has 0 spiro atoms. The van der Waals surface area contributed by atoms with Crippen LogP contribution in [0.15, 0.2) is 66.7 Å². The summed E-state index contributed by atoms with van der Waals surface area (Å²) in [6.07, 6.45) is 14.4. The number of nitrogens with one attached hydrogen (secondary N) is 1. The second-order valence-corrected chi connectivity index (χ2v) is 8.71. The van der Waals surface area contributed by atoms with Crippen LogP contribution in [0, 0.1) is 11.2 Å². The van der Waals surface area contributed by atoms with E-state index in [0.717, 1.165) is 25.7 Å². The first-order chi connectivity index (χ1) is 15.4. The lowest BCUT2D eigenvalue weighted by Gasteiger charge is -2.26. The molecule has 7 heteroatoms. The summed E-state index contributed by atoms with van der Waals surface area (Å²) in [4.78, 5) is 15.7. The van der Waals surface area contributed by atoms with E-state index in [1.54, 1.807) is 6.21 Å². The van der Waals surface area contributed by atoms with Crippen molar-refractivity contribution < 1.29 is 19.6 Å². The van der Waals surface area contributed by atoms with Crippen LogP contribution in [0.4, 0.5) is 0 Å². The molecule has 0 saturated heterocycles. The molecule has 1 radical (unpaired) electrons. The summed E-state index contributed by atoms with van der Waals surface area (Å²) >= 11 is 0. The highest BCUT2D eigenvalue weighted by atomic mass is 16.8. The molecule has 2 aliphatic carbocycles. The average Bonchev–Trinajstić information content (AvgIpc) is 3.25. The Kier molecular flexibility index (Phi) is 6.79. The molecule has 1 saturated carbocycles. The van der Waals surface area contributed by atoms with Crippen molar-refractivity contribution in [3.05, 3.63) is 77.9 Å². The van der Waals surface area contributed by atoms with Crippen molar-refractivity contribution in [1.82, 2.24) is 9.79 Å². The first-order valence-corrected chi connectivity index (χ1v) is 11.2. The maximum Gasteiger partial charge on any atom is 0.244 e. The van der Waals surface area contributed by atoms with Gasteiger partial charge in [0.05, 0.1) is 17.7 Å². The summed E-state index contributed by atoms with van der Waals surface area (Å²) in [6, 6.07) is 11.1. The van der Waals surface area contributed by atoms with Gasteiger partial charge < -0.3 is 10.4 Å². The summed E-state index contributed by atoms with van der Waals surface area (Å²) < 4.78 is 4.60. The second kappa shape index (κ2) is 9.73. The molecule has 0 unspecified atom stereocenters. The molecule has 2 aliphatic rings. The van der Waals surface area contributed by atoms with Crippen LogP contribution in [0.25, 0.3) is 11.3 Å². The number of hydroxylamine groups is 2. The van der Waals surface area contributed by atoms with Crippen molar-refractivity contribution in [2.45, 2.75) is 57.7 Å². The van der Waals surface area contributed by atoms with Gasteiger partial charge in [-0.1, -0.05) is 36.4 Å². The van der Waals surface area contributed by atoms with E-state index in [4.69, 9.17) is 5.21 Å². The van der Waals surface area contributed by atoms with Crippen LogP contribution in [0.5, 0.6) is 0 Å². The lowest BCUT2D eigenvalue weighted by atomic mass is 9.90. The fraction of sp³-hybridized carbons (Fsp3) is 0.360. The summed E-state index contributed by atoms with van der Waals surface area (Å²) in [6.45, 7) is 4.35. The fourth-order valence-electron chi connectivity index (χ4n) is 4.43. The number of hydrogen-bond donors (Lipinski definition) is 2. The zero-order valence-electron chi connectivity index (χ0n) is 18.5. The Morgan fingerprint density at radius 2 is 1.97 bits per heavy atom. The fourth-order valence-corrected chi connectivity index (χ4v) is 4.43. The molecule has 0 bridgehead atoms. The van der Waals surface area contributed by atoms with E-state index in [9.17, 15) is 10.0 Å². The number of carbonyl (C=O) groups is 1. The van der Waals surface area contributed by atoms with Crippen molar-refractivity contribution >= 4 is 12.0 Å². The highest BCUT2D eigenvalue weighted by Crippen LogP contribution is 2.31. The third-order valence-corrected chi connectivity index (χ3v) is 6.23. The molecular formula is C25H30N4O3+. The zero-order chi connectivity index (χ0) is 22.7. The predicted octanol–water partition coefficient (Wildman–Crippen LogP) is 2.44. The van der Waals surface area contributed by atoms with Crippen molar-refractivity contribution in [3.8, 4) is 11.3 Å². The number of benzene rings is 1. The second-order valence-electron chi connectivity index (χ2n) is 8.71. The summed E-state index contributed by atoms with van der Waals surface area (Å²) in [7, 11) is 0. The SMILES string of the molecule is CC(C)[n+]1cc(-c2ccccc2)n([C@@H]2CCCC[C@H]2[NH+]=CC2=C[C](N([O-])O)C=CC2=O)c1. The quantitative estimate of drug-likeness (QED) is 0.415. The largest absolute Gasteiger partial charge is 0.761 e. The van der Waals surface area contributed by atoms with E-state index >= 15 is 0 Å². The van der Waals surface area contributed by atoms with Gasteiger partial charge in [0.25, 0.3) is 0 Å². The Bertz CT molecular complexity index is 1040. The highest BCUT2D eigenvalue weighted by molar-refractivity contribution is 6.18. The maximum absolute atomic E-state index is 12.3. The maximum atomic E-state index is 12.3. The lowest BCUT2D eigenvalue weighted by molar-refractivity contribution is -0.715. The molecule has 32 heavy (non-hydrogen) atoms. The smallest absolute Gasteiger partial charge is 0.244 e. The molecule has 0 amide bonds. The molecule has 0 aliphatic heterocycles. The van der Waals surface area contributed by atoms with Crippen molar-refractivity contribution in [3.63, 3.8) is 0 Å². The van der Waals surface area contributed by atoms with Gasteiger partial charge in [-0.3, -0.25) is 4.79 Å². The molecule has 4 rings (SSSR count). The first kappa shape index (κ1) is 22.3. The van der Waals surface area contributed by atoms with Crippen molar-refractivity contribution in [2.75, 3.05) is 0 Å². The predicted molar refractivity (Wildman–Crippen MR) is 121 cm³/mol. The highest BCUT2D eigenvalue weighted by Gasteiger charge is 2.36. The average molecular weight is 435 g/mol. The Balaban J connectivity index is 1.66. The molecule has 1 aromatic heterocycles. The number of carbonyl (C=O) groups excluding carboxylic acids is 1. The molecule has 7 nitrogen and oxygen atoms in total. The van der Waals surface area contributed by atoms with E-state index in [2.05, 4.69) is 64.8 Å².